The van der Waals surface area contributed by atoms with Gasteiger partial charge in [-0.15, -0.1) is 0 Å². The molecule has 106 valence electrons. The second-order valence-electron chi connectivity index (χ2n) is 6.05. The summed E-state index contributed by atoms with van der Waals surface area (Å²) in [4.78, 5) is 18.6. The summed E-state index contributed by atoms with van der Waals surface area (Å²) in [5.41, 5.74) is 5.39. The largest absolute Gasteiger partial charge is 0.358 e. The van der Waals surface area contributed by atoms with Crippen molar-refractivity contribution in [3.05, 3.63) is 44.7 Å². The Kier molecular flexibility index (Phi) is 3.38. The van der Waals surface area contributed by atoms with Crippen LogP contribution in [-0.4, -0.2) is 23.0 Å². The van der Waals surface area contributed by atoms with Crippen LogP contribution in [0.4, 0.5) is 0 Å². The predicted molar refractivity (Wildman–Crippen MR) is 83.3 cm³/mol. The molecule has 1 saturated heterocycles. The maximum Gasteiger partial charge on any atom is 0.194 e. The average molecular weight is 270 g/mol. The molecular formula is C17H22N2O. The number of aromatic amines is 1. The highest BCUT2D eigenvalue weighted by Gasteiger charge is 2.17. The van der Waals surface area contributed by atoms with Gasteiger partial charge >= 0.3 is 0 Å². The monoisotopic (exact) mass is 270 g/mol. The Balaban J connectivity index is 2.15. The molecule has 0 unspecified atom stereocenters. The number of pyridine rings is 1. The van der Waals surface area contributed by atoms with Crippen molar-refractivity contribution in [3.63, 3.8) is 0 Å². The maximum atomic E-state index is 12.8. The molecule has 0 atom stereocenters. The van der Waals surface area contributed by atoms with Crippen molar-refractivity contribution in [1.82, 2.24) is 9.88 Å². The molecule has 1 fully saturated rings. The summed E-state index contributed by atoms with van der Waals surface area (Å²) < 4.78 is 0. The first-order chi connectivity index (χ1) is 9.56. The van der Waals surface area contributed by atoms with Crippen LogP contribution in [0.15, 0.2) is 16.9 Å². The zero-order valence-electron chi connectivity index (χ0n) is 12.5. The van der Waals surface area contributed by atoms with Gasteiger partial charge in [-0.25, -0.2) is 0 Å². The quantitative estimate of drug-likeness (QED) is 0.910. The molecule has 0 bridgehead atoms. The first-order valence-corrected chi connectivity index (χ1v) is 7.41. The molecule has 3 heteroatoms. The Morgan fingerprint density at radius 2 is 1.85 bits per heavy atom. The number of hydrogen-bond acceptors (Lipinski definition) is 2. The molecule has 1 aliphatic heterocycles. The van der Waals surface area contributed by atoms with Crippen LogP contribution in [0.5, 0.6) is 0 Å². The number of aromatic nitrogens is 1. The maximum absolute atomic E-state index is 12.8. The normalized spacial score (nSPS) is 16.1. The topological polar surface area (TPSA) is 36.1 Å². The van der Waals surface area contributed by atoms with E-state index in [1.54, 1.807) is 0 Å². The number of H-pyrrole nitrogens is 1. The Hall–Kier alpha value is -1.61. The van der Waals surface area contributed by atoms with Crippen LogP contribution in [0, 0.1) is 20.8 Å². The summed E-state index contributed by atoms with van der Waals surface area (Å²) >= 11 is 0. The minimum absolute atomic E-state index is 0.209. The van der Waals surface area contributed by atoms with Gasteiger partial charge in [-0.2, -0.15) is 0 Å². The van der Waals surface area contributed by atoms with E-state index in [4.69, 9.17) is 0 Å². The molecule has 0 amide bonds. The van der Waals surface area contributed by atoms with E-state index in [0.29, 0.717) is 0 Å². The van der Waals surface area contributed by atoms with Gasteiger partial charge in [-0.3, -0.25) is 9.69 Å². The summed E-state index contributed by atoms with van der Waals surface area (Å²) in [5.74, 6) is 0. The van der Waals surface area contributed by atoms with Crippen LogP contribution in [0.3, 0.4) is 0 Å². The molecule has 3 nitrogen and oxygen atoms in total. The van der Waals surface area contributed by atoms with E-state index in [2.05, 4.69) is 28.9 Å². The predicted octanol–water partition coefficient (Wildman–Crippen LogP) is 3.05. The third-order valence-corrected chi connectivity index (χ3v) is 4.34. The average Bonchev–Trinajstić information content (AvgIpc) is 2.86. The smallest absolute Gasteiger partial charge is 0.194 e. The summed E-state index contributed by atoms with van der Waals surface area (Å²) in [6.07, 6.45) is 2.51. The standard InChI is InChI=1S/C17H22N2O/c1-11-8-12(2)16-15(9-11)18-13(3)14(17(16)20)10-19-6-4-5-7-19/h8-9H,4-7,10H2,1-3H3,(H,18,20). The van der Waals surface area contributed by atoms with Crippen molar-refractivity contribution in [1.29, 1.82) is 0 Å². The third kappa shape index (κ3) is 2.27. The van der Waals surface area contributed by atoms with E-state index in [1.807, 2.05) is 13.8 Å². The molecule has 1 aromatic heterocycles. The Morgan fingerprint density at radius 1 is 1.15 bits per heavy atom. The molecular weight excluding hydrogens is 248 g/mol. The van der Waals surface area contributed by atoms with E-state index in [1.165, 1.54) is 18.4 Å². The second-order valence-corrected chi connectivity index (χ2v) is 6.05. The molecule has 1 N–H and O–H groups in total. The van der Waals surface area contributed by atoms with Crippen molar-refractivity contribution in [2.75, 3.05) is 13.1 Å². The number of hydrogen-bond donors (Lipinski definition) is 1. The van der Waals surface area contributed by atoms with Gasteiger partial charge in [0.1, 0.15) is 0 Å². The minimum Gasteiger partial charge on any atom is -0.358 e. The molecule has 0 saturated carbocycles. The lowest BCUT2D eigenvalue weighted by atomic mass is 10.0. The SMILES string of the molecule is Cc1cc(C)c2c(=O)c(CN3CCCC3)c(C)[nH]c2c1. The van der Waals surface area contributed by atoms with E-state index in [0.717, 1.165) is 47.4 Å². The van der Waals surface area contributed by atoms with Crippen LogP contribution in [0.1, 0.15) is 35.2 Å². The van der Waals surface area contributed by atoms with Gasteiger partial charge in [0, 0.05) is 23.2 Å². The van der Waals surface area contributed by atoms with Crippen LogP contribution < -0.4 is 5.43 Å². The van der Waals surface area contributed by atoms with Crippen molar-refractivity contribution in [3.8, 4) is 0 Å². The zero-order valence-corrected chi connectivity index (χ0v) is 12.5. The molecule has 2 aromatic rings. The van der Waals surface area contributed by atoms with E-state index in [9.17, 15) is 4.79 Å². The minimum atomic E-state index is 0.209. The Bertz CT molecular complexity index is 709. The van der Waals surface area contributed by atoms with Gasteiger partial charge in [-0.1, -0.05) is 6.07 Å². The molecule has 0 aliphatic carbocycles. The molecule has 0 radical (unpaired) electrons. The number of nitrogens with one attached hydrogen (secondary N) is 1. The Morgan fingerprint density at radius 3 is 2.55 bits per heavy atom. The van der Waals surface area contributed by atoms with Gasteiger partial charge in [0.25, 0.3) is 0 Å². The fraction of sp³-hybridized carbons (Fsp3) is 0.471. The third-order valence-electron chi connectivity index (χ3n) is 4.34. The van der Waals surface area contributed by atoms with E-state index in [-0.39, 0.29) is 5.43 Å². The summed E-state index contributed by atoms with van der Waals surface area (Å²) in [6.45, 7) is 9.12. The highest BCUT2D eigenvalue weighted by molar-refractivity contribution is 5.83. The number of aryl methyl sites for hydroxylation is 3. The lowest BCUT2D eigenvalue weighted by molar-refractivity contribution is 0.329. The lowest BCUT2D eigenvalue weighted by Gasteiger charge is -2.17. The summed E-state index contributed by atoms with van der Waals surface area (Å²) in [5, 5.41) is 0.857. The molecule has 3 rings (SSSR count). The number of nitrogens with zero attached hydrogens (tertiary/aromatic N) is 1. The van der Waals surface area contributed by atoms with Crippen LogP contribution in [-0.2, 0) is 6.54 Å². The van der Waals surface area contributed by atoms with Crippen LogP contribution in [0.25, 0.3) is 10.9 Å². The van der Waals surface area contributed by atoms with E-state index >= 15 is 0 Å². The number of likely N-dealkylation sites (tertiary alicyclic amines) is 1. The van der Waals surface area contributed by atoms with Crippen molar-refractivity contribution < 1.29 is 0 Å². The molecule has 1 aromatic carbocycles. The number of fused-ring (bicyclic) bond motifs is 1. The molecule has 0 spiro atoms. The number of rotatable bonds is 2. The molecule has 1 aliphatic rings. The van der Waals surface area contributed by atoms with Gasteiger partial charge in [-0.05, 0) is 63.9 Å². The van der Waals surface area contributed by atoms with Crippen LogP contribution in [0.2, 0.25) is 0 Å². The van der Waals surface area contributed by atoms with Crippen molar-refractivity contribution >= 4 is 10.9 Å². The first kappa shape index (κ1) is 13.4. The molecule has 2 heterocycles. The molecule has 20 heavy (non-hydrogen) atoms. The fourth-order valence-electron chi connectivity index (χ4n) is 3.32. The fourth-order valence-corrected chi connectivity index (χ4v) is 3.32. The van der Waals surface area contributed by atoms with Gasteiger partial charge in [0.15, 0.2) is 5.43 Å². The highest BCUT2D eigenvalue weighted by atomic mass is 16.1. The van der Waals surface area contributed by atoms with Crippen LogP contribution >= 0.6 is 0 Å². The Labute approximate surface area is 119 Å². The van der Waals surface area contributed by atoms with Gasteiger partial charge in [0.05, 0.1) is 5.52 Å². The first-order valence-electron chi connectivity index (χ1n) is 7.41. The summed E-state index contributed by atoms with van der Waals surface area (Å²) in [6, 6.07) is 4.16. The summed E-state index contributed by atoms with van der Waals surface area (Å²) in [7, 11) is 0. The van der Waals surface area contributed by atoms with Gasteiger partial charge < -0.3 is 4.98 Å². The van der Waals surface area contributed by atoms with Gasteiger partial charge in [0.2, 0.25) is 0 Å². The van der Waals surface area contributed by atoms with Crippen molar-refractivity contribution in [2.24, 2.45) is 0 Å². The van der Waals surface area contributed by atoms with E-state index < -0.39 is 0 Å². The highest BCUT2D eigenvalue weighted by Crippen LogP contribution is 2.19. The lowest BCUT2D eigenvalue weighted by Crippen LogP contribution is -2.25. The zero-order chi connectivity index (χ0) is 14.3. The number of benzene rings is 1. The van der Waals surface area contributed by atoms with Crippen molar-refractivity contribution in [2.45, 2.75) is 40.2 Å². The second kappa shape index (κ2) is 5.06.